The Labute approximate surface area is 112 Å². The molecule has 3 heteroatoms. The first kappa shape index (κ1) is 13.3. The normalized spacial score (nSPS) is 10.3. The third-order valence-corrected chi connectivity index (χ3v) is 3.19. The SMILES string of the molecule is Cc1cc(C)c(C(=O)Nc2ccc(F)cc2)cc1C. The molecule has 0 bridgehead atoms. The number of hydrogen-bond acceptors (Lipinski definition) is 1. The van der Waals surface area contributed by atoms with Crippen molar-refractivity contribution in [2.24, 2.45) is 0 Å². The Morgan fingerprint density at radius 2 is 1.53 bits per heavy atom. The number of nitrogens with one attached hydrogen (secondary N) is 1. The number of carbonyl (C=O) groups excluding carboxylic acids is 1. The van der Waals surface area contributed by atoms with Crippen LogP contribution in [0.1, 0.15) is 27.0 Å². The van der Waals surface area contributed by atoms with E-state index >= 15 is 0 Å². The largest absolute Gasteiger partial charge is 0.322 e. The van der Waals surface area contributed by atoms with Crippen LogP contribution in [-0.2, 0) is 0 Å². The van der Waals surface area contributed by atoms with Gasteiger partial charge >= 0.3 is 0 Å². The average Bonchev–Trinajstić information content (AvgIpc) is 2.36. The van der Waals surface area contributed by atoms with Crippen LogP contribution in [0.15, 0.2) is 36.4 Å². The lowest BCUT2D eigenvalue weighted by atomic mass is 10.0. The maximum absolute atomic E-state index is 12.8. The second kappa shape index (κ2) is 5.22. The second-order valence-corrected chi connectivity index (χ2v) is 4.71. The van der Waals surface area contributed by atoms with Crippen molar-refractivity contribution >= 4 is 11.6 Å². The highest BCUT2D eigenvalue weighted by atomic mass is 19.1. The van der Waals surface area contributed by atoms with Crippen LogP contribution in [0.5, 0.6) is 0 Å². The van der Waals surface area contributed by atoms with Crippen molar-refractivity contribution in [3.63, 3.8) is 0 Å². The molecule has 0 saturated carbocycles. The number of anilines is 1. The van der Waals surface area contributed by atoms with Crippen molar-refractivity contribution in [1.82, 2.24) is 0 Å². The minimum Gasteiger partial charge on any atom is -0.322 e. The van der Waals surface area contributed by atoms with Gasteiger partial charge in [-0.2, -0.15) is 0 Å². The summed E-state index contributed by atoms with van der Waals surface area (Å²) in [5, 5.41) is 2.77. The molecule has 2 aromatic rings. The van der Waals surface area contributed by atoms with Crippen LogP contribution >= 0.6 is 0 Å². The summed E-state index contributed by atoms with van der Waals surface area (Å²) in [5.74, 6) is -0.493. The molecule has 0 atom stereocenters. The Bertz CT molecular complexity index is 617. The minimum atomic E-state index is -0.319. The summed E-state index contributed by atoms with van der Waals surface area (Å²) in [4.78, 5) is 12.2. The van der Waals surface area contributed by atoms with Gasteiger partial charge in [-0.25, -0.2) is 4.39 Å². The molecule has 0 aliphatic heterocycles. The first-order valence-electron chi connectivity index (χ1n) is 6.12. The van der Waals surface area contributed by atoms with Crippen molar-refractivity contribution in [1.29, 1.82) is 0 Å². The van der Waals surface area contributed by atoms with Gasteiger partial charge in [0.1, 0.15) is 5.82 Å². The number of halogens is 1. The maximum Gasteiger partial charge on any atom is 0.255 e. The molecule has 19 heavy (non-hydrogen) atoms. The fourth-order valence-electron chi connectivity index (χ4n) is 1.94. The number of amides is 1. The third-order valence-electron chi connectivity index (χ3n) is 3.19. The first-order chi connectivity index (χ1) is 8.97. The lowest BCUT2D eigenvalue weighted by molar-refractivity contribution is 0.102. The van der Waals surface area contributed by atoms with Crippen molar-refractivity contribution in [2.45, 2.75) is 20.8 Å². The van der Waals surface area contributed by atoms with E-state index in [2.05, 4.69) is 5.32 Å². The molecule has 0 heterocycles. The van der Waals surface area contributed by atoms with Crippen molar-refractivity contribution in [3.05, 3.63) is 64.5 Å². The molecule has 0 unspecified atom stereocenters. The Morgan fingerprint density at radius 1 is 0.947 bits per heavy atom. The molecule has 1 N–H and O–H groups in total. The van der Waals surface area contributed by atoms with Gasteiger partial charge in [0.25, 0.3) is 5.91 Å². The topological polar surface area (TPSA) is 29.1 Å². The number of benzene rings is 2. The van der Waals surface area contributed by atoms with E-state index in [9.17, 15) is 9.18 Å². The molecular formula is C16H16FNO. The molecule has 0 aromatic heterocycles. The fraction of sp³-hybridized carbons (Fsp3) is 0.188. The van der Waals surface area contributed by atoms with E-state index < -0.39 is 0 Å². The van der Waals surface area contributed by atoms with Crippen LogP contribution in [0, 0.1) is 26.6 Å². The second-order valence-electron chi connectivity index (χ2n) is 4.71. The van der Waals surface area contributed by atoms with Gasteiger partial charge in [-0.05, 0) is 67.8 Å². The zero-order valence-electron chi connectivity index (χ0n) is 11.3. The van der Waals surface area contributed by atoms with Gasteiger partial charge in [0.2, 0.25) is 0 Å². The Hall–Kier alpha value is -2.16. The summed E-state index contributed by atoms with van der Waals surface area (Å²) < 4.78 is 12.8. The minimum absolute atomic E-state index is 0.174. The lowest BCUT2D eigenvalue weighted by Crippen LogP contribution is -2.14. The predicted octanol–water partition coefficient (Wildman–Crippen LogP) is 4.00. The van der Waals surface area contributed by atoms with Crippen LogP contribution in [0.25, 0.3) is 0 Å². The Balaban J connectivity index is 2.25. The summed E-state index contributed by atoms with van der Waals surface area (Å²) in [6.45, 7) is 5.90. The monoisotopic (exact) mass is 257 g/mol. The zero-order chi connectivity index (χ0) is 14.0. The smallest absolute Gasteiger partial charge is 0.255 e. The Kier molecular flexibility index (Phi) is 3.65. The highest BCUT2D eigenvalue weighted by molar-refractivity contribution is 6.05. The van der Waals surface area contributed by atoms with Crippen molar-refractivity contribution in [3.8, 4) is 0 Å². The maximum atomic E-state index is 12.8. The van der Waals surface area contributed by atoms with Crippen LogP contribution in [0.3, 0.4) is 0 Å². The van der Waals surface area contributed by atoms with Gasteiger partial charge < -0.3 is 5.32 Å². The fourth-order valence-corrected chi connectivity index (χ4v) is 1.94. The van der Waals surface area contributed by atoms with E-state index in [0.29, 0.717) is 11.3 Å². The standard InChI is InChI=1S/C16H16FNO/c1-10-8-12(3)15(9-11(10)2)16(19)18-14-6-4-13(17)5-7-14/h4-9H,1-3H3,(H,18,19). The summed E-state index contributed by atoms with van der Waals surface area (Å²) in [6.07, 6.45) is 0. The number of hydrogen-bond donors (Lipinski definition) is 1. The van der Waals surface area contributed by atoms with Gasteiger partial charge in [-0.15, -0.1) is 0 Å². The number of aryl methyl sites for hydroxylation is 3. The molecule has 1 amide bonds. The summed E-state index contributed by atoms with van der Waals surface area (Å²) in [7, 11) is 0. The lowest BCUT2D eigenvalue weighted by Gasteiger charge is -2.10. The van der Waals surface area contributed by atoms with E-state index in [4.69, 9.17) is 0 Å². The molecule has 0 aliphatic rings. The highest BCUT2D eigenvalue weighted by Crippen LogP contribution is 2.17. The molecular weight excluding hydrogens is 241 g/mol. The van der Waals surface area contributed by atoms with E-state index in [1.807, 2.05) is 32.9 Å². The predicted molar refractivity (Wildman–Crippen MR) is 75.0 cm³/mol. The molecule has 0 radical (unpaired) electrons. The van der Waals surface area contributed by atoms with E-state index in [-0.39, 0.29) is 11.7 Å². The highest BCUT2D eigenvalue weighted by Gasteiger charge is 2.10. The number of carbonyl (C=O) groups is 1. The van der Waals surface area contributed by atoms with Gasteiger partial charge in [-0.1, -0.05) is 6.07 Å². The summed E-state index contributed by atoms with van der Waals surface area (Å²) in [5.41, 5.74) is 4.41. The van der Waals surface area contributed by atoms with Crippen LogP contribution in [0.4, 0.5) is 10.1 Å². The van der Waals surface area contributed by atoms with Crippen LogP contribution in [-0.4, -0.2) is 5.91 Å². The molecule has 0 aliphatic carbocycles. The third kappa shape index (κ3) is 2.99. The number of rotatable bonds is 2. The zero-order valence-corrected chi connectivity index (χ0v) is 11.3. The molecule has 2 rings (SSSR count). The van der Waals surface area contributed by atoms with Crippen molar-refractivity contribution < 1.29 is 9.18 Å². The van der Waals surface area contributed by atoms with Crippen LogP contribution in [0.2, 0.25) is 0 Å². The molecule has 98 valence electrons. The van der Waals surface area contributed by atoms with Gasteiger partial charge in [0.05, 0.1) is 0 Å². The molecule has 0 saturated heterocycles. The molecule has 2 nitrogen and oxygen atoms in total. The van der Waals surface area contributed by atoms with Gasteiger partial charge in [0, 0.05) is 11.3 Å². The Morgan fingerprint density at radius 3 is 2.16 bits per heavy atom. The average molecular weight is 257 g/mol. The molecule has 0 fully saturated rings. The van der Waals surface area contributed by atoms with Gasteiger partial charge in [-0.3, -0.25) is 4.79 Å². The summed E-state index contributed by atoms with van der Waals surface area (Å²) in [6, 6.07) is 9.61. The van der Waals surface area contributed by atoms with E-state index in [0.717, 1.165) is 16.7 Å². The molecule has 0 spiro atoms. The van der Waals surface area contributed by atoms with Crippen LogP contribution < -0.4 is 5.32 Å². The quantitative estimate of drug-likeness (QED) is 0.865. The molecule has 2 aromatic carbocycles. The van der Waals surface area contributed by atoms with Crippen molar-refractivity contribution in [2.75, 3.05) is 5.32 Å². The van der Waals surface area contributed by atoms with E-state index in [1.54, 1.807) is 12.1 Å². The summed E-state index contributed by atoms with van der Waals surface area (Å²) >= 11 is 0. The van der Waals surface area contributed by atoms with Gasteiger partial charge in [0.15, 0.2) is 0 Å². The first-order valence-corrected chi connectivity index (χ1v) is 6.12. The van der Waals surface area contributed by atoms with E-state index in [1.165, 1.54) is 12.1 Å².